The van der Waals surface area contributed by atoms with Gasteiger partial charge in [0.2, 0.25) is 5.96 Å². The molecule has 224 valence electrons. The predicted molar refractivity (Wildman–Crippen MR) is 153 cm³/mol. The van der Waals surface area contributed by atoms with Crippen molar-refractivity contribution in [3.05, 3.63) is 65.2 Å². The summed E-state index contributed by atoms with van der Waals surface area (Å²) in [5.74, 6) is -1.35. The minimum absolute atomic E-state index is 0.0339. The molecule has 0 saturated carbocycles. The van der Waals surface area contributed by atoms with E-state index in [0.717, 1.165) is 6.08 Å². The summed E-state index contributed by atoms with van der Waals surface area (Å²) in [6.45, 7) is 9.99. The number of esters is 1. The van der Waals surface area contributed by atoms with Gasteiger partial charge >= 0.3 is 18.2 Å². The number of carbonyl (C=O) groups excluding carboxylic acids is 4. The van der Waals surface area contributed by atoms with E-state index in [9.17, 15) is 24.3 Å². The number of benzene rings is 2. The molecule has 12 nitrogen and oxygen atoms in total. The van der Waals surface area contributed by atoms with Crippen LogP contribution in [-0.2, 0) is 23.8 Å². The lowest BCUT2D eigenvalue weighted by Crippen LogP contribution is -2.47. The minimum atomic E-state index is -0.910. The summed E-state index contributed by atoms with van der Waals surface area (Å²) >= 11 is 0. The van der Waals surface area contributed by atoms with Crippen LogP contribution in [0.1, 0.15) is 70.3 Å². The Kier molecular flexibility index (Phi) is 9.61. The monoisotopic (exact) mass is 581 g/mol. The van der Waals surface area contributed by atoms with Crippen LogP contribution in [-0.4, -0.2) is 53.8 Å². The molecule has 0 radical (unpaired) electrons. The Hall–Kier alpha value is -4.87. The van der Waals surface area contributed by atoms with E-state index in [2.05, 4.69) is 15.6 Å². The molecule has 2 aromatic rings. The highest BCUT2D eigenvalue weighted by atomic mass is 16.6. The number of allylic oxidation sites excluding steroid dienone is 1. The largest absolute Gasteiger partial charge is 0.508 e. The van der Waals surface area contributed by atoms with Crippen LogP contribution in [0.25, 0.3) is 5.70 Å². The number of amides is 2. The number of rotatable bonds is 5. The Balaban J connectivity index is 2.03. The van der Waals surface area contributed by atoms with E-state index in [4.69, 9.17) is 18.9 Å². The Morgan fingerprint density at radius 1 is 0.929 bits per heavy atom. The zero-order valence-electron chi connectivity index (χ0n) is 24.5. The van der Waals surface area contributed by atoms with Gasteiger partial charge in [0.15, 0.2) is 0 Å². The van der Waals surface area contributed by atoms with Crippen LogP contribution in [0.15, 0.2) is 53.5 Å². The van der Waals surface area contributed by atoms with Crippen LogP contribution in [0.3, 0.4) is 0 Å². The summed E-state index contributed by atoms with van der Waals surface area (Å²) in [6, 6.07) is 11.1. The van der Waals surface area contributed by atoms with Crippen molar-refractivity contribution in [1.82, 2.24) is 10.6 Å². The van der Waals surface area contributed by atoms with Crippen molar-refractivity contribution in [2.75, 3.05) is 7.11 Å². The summed E-state index contributed by atoms with van der Waals surface area (Å²) in [6.07, 6.45) is -0.961. The van der Waals surface area contributed by atoms with Gasteiger partial charge < -0.3 is 24.1 Å². The van der Waals surface area contributed by atoms with Crippen molar-refractivity contribution in [2.24, 2.45) is 4.99 Å². The molecule has 1 heterocycles. The smallest absolute Gasteiger partial charge is 0.414 e. The topological polar surface area (TPSA) is 162 Å². The molecule has 2 unspecified atom stereocenters. The van der Waals surface area contributed by atoms with Gasteiger partial charge in [0, 0.05) is 17.2 Å². The van der Waals surface area contributed by atoms with Gasteiger partial charge in [-0.15, -0.1) is 0 Å². The molecule has 12 heteroatoms. The van der Waals surface area contributed by atoms with Gasteiger partial charge in [0.1, 0.15) is 41.0 Å². The number of nitrogens with zero attached hydrogens (tertiary/aromatic N) is 1. The summed E-state index contributed by atoms with van der Waals surface area (Å²) < 4.78 is 21.7. The van der Waals surface area contributed by atoms with Crippen LogP contribution >= 0.6 is 0 Å². The number of phenolic OH excluding ortho intramolecular Hbond substituents is 1. The first-order valence-corrected chi connectivity index (χ1v) is 13.0. The van der Waals surface area contributed by atoms with Gasteiger partial charge in [-0.25, -0.2) is 14.6 Å². The van der Waals surface area contributed by atoms with Crippen LogP contribution in [0, 0.1) is 0 Å². The summed E-state index contributed by atoms with van der Waals surface area (Å²) in [7, 11) is 1.26. The van der Waals surface area contributed by atoms with Gasteiger partial charge in [-0.3, -0.25) is 20.2 Å². The van der Waals surface area contributed by atoms with Crippen LogP contribution < -0.4 is 15.4 Å². The minimum Gasteiger partial charge on any atom is -0.508 e. The third-order valence-corrected chi connectivity index (χ3v) is 5.57. The molecule has 0 bridgehead atoms. The molecule has 42 heavy (non-hydrogen) atoms. The highest BCUT2D eigenvalue weighted by Crippen LogP contribution is 2.47. The van der Waals surface area contributed by atoms with Crippen molar-refractivity contribution >= 4 is 36.1 Å². The molecule has 0 saturated heterocycles. The standard InChI is InChI=1S/C30H35N3O9/c1-29(2,3)41-27(37)32-26(33-28(38)42-30(4,5)6)31-21(14-15-34)18-10-13-22-20(16-18)23(25(36)39-7)24(40-22)17-8-11-19(35)12-9-17/h8-16,23-24,35H,1-7H3,(H2,31,32,33,37,38)/b21-14+. The lowest BCUT2D eigenvalue weighted by Gasteiger charge is -2.22. The second-order valence-electron chi connectivity index (χ2n) is 11.3. The maximum atomic E-state index is 12.9. The summed E-state index contributed by atoms with van der Waals surface area (Å²) in [5, 5.41) is 14.4. The van der Waals surface area contributed by atoms with Gasteiger partial charge in [0.05, 0.1) is 12.8 Å². The average molecular weight is 582 g/mol. The van der Waals surface area contributed by atoms with Crippen molar-refractivity contribution < 1.29 is 43.2 Å². The highest BCUT2D eigenvalue weighted by Gasteiger charge is 2.41. The molecule has 2 aromatic carbocycles. The molecular formula is C30H35N3O9. The fourth-order valence-corrected chi connectivity index (χ4v) is 4.00. The third-order valence-electron chi connectivity index (χ3n) is 5.57. The second-order valence-corrected chi connectivity index (χ2v) is 11.3. The summed E-state index contributed by atoms with van der Waals surface area (Å²) in [4.78, 5) is 53.9. The van der Waals surface area contributed by atoms with Gasteiger partial charge in [-0.05, 0) is 77.4 Å². The van der Waals surface area contributed by atoms with E-state index in [1.54, 1.807) is 71.9 Å². The summed E-state index contributed by atoms with van der Waals surface area (Å²) in [5.41, 5.74) is -0.205. The van der Waals surface area contributed by atoms with E-state index in [-0.39, 0.29) is 17.4 Å². The van der Waals surface area contributed by atoms with E-state index >= 15 is 0 Å². The van der Waals surface area contributed by atoms with Crippen LogP contribution in [0.2, 0.25) is 0 Å². The van der Waals surface area contributed by atoms with Crippen LogP contribution in [0.4, 0.5) is 9.59 Å². The molecule has 0 aromatic heterocycles. The third kappa shape index (κ3) is 8.56. The molecule has 1 aliphatic heterocycles. The Morgan fingerprint density at radius 3 is 2.00 bits per heavy atom. The molecule has 2 amide bonds. The van der Waals surface area contributed by atoms with Crippen molar-refractivity contribution in [3.63, 3.8) is 0 Å². The second kappa shape index (κ2) is 12.8. The van der Waals surface area contributed by atoms with E-state index in [1.165, 1.54) is 19.2 Å². The Labute approximate surface area is 243 Å². The first-order valence-electron chi connectivity index (χ1n) is 13.0. The predicted octanol–water partition coefficient (Wildman–Crippen LogP) is 4.73. The zero-order chi connectivity index (χ0) is 31.2. The maximum absolute atomic E-state index is 12.9. The van der Waals surface area contributed by atoms with E-state index in [1.807, 2.05) is 0 Å². The molecule has 3 rings (SSSR count). The SMILES string of the molecule is COC(=O)C1c2cc(/C(=C\C=O)N=C(NC(=O)OC(C)(C)C)NC(=O)OC(C)(C)C)ccc2OC1c1ccc(O)cc1. The lowest BCUT2D eigenvalue weighted by molar-refractivity contribution is -0.144. The molecular weight excluding hydrogens is 546 g/mol. The highest BCUT2D eigenvalue weighted by molar-refractivity contribution is 6.04. The number of fused-ring (bicyclic) bond motifs is 1. The first-order chi connectivity index (χ1) is 19.6. The number of aromatic hydroxyl groups is 1. The number of guanidine groups is 1. The van der Waals surface area contributed by atoms with Crippen LogP contribution in [0.5, 0.6) is 11.5 Å². The van der Waals surface area contributed by atoms with Gasteiger partial charge in [-0.1, -0.05) is 12.1 Å². The molecule has 3 N–H and O–H groups in total. The normalized spacial score (nSPS) is 16.3. The fourth-order valence-electron chi connectivity index (χ4n) is 4.00. The fraction of sp³-hybridized carbons (Fsp3) is 0.367. The van der Waals surface area contributed by atoms with Crippen molar-refractivity contribution in [2.45, 2.75) is 64.8 Å². The zero-order valence-corrected chi connectivity index (χ0v) is 24.5. The van der Waals surface area contributed by atoms with E-state index < -0.39 is 41.4 Å². The molecule has 2 atom stereocenters. The number of alkyl carbamates (subject to hydrolysis) is 2. The molecule has 0 fully saturated rings. The number of hydrogen-bond acceptors (Lipinski definition) is 10. The molecule has 0 spiro atoms. The number of methoxy groups -OCH3 is 1. The first kappa shape index (κ1) is 31.7. The quantitative estimate of drug-likeness (QED) is 0.113. The number of phenols is 1. The number of aliphatic imine (C=N–C) groups is 1. The lowest BCUT2D eigenvalue weighted by atomic mass is 9.90. The number of hydrogen-bond donors (Lipinski definition) is 3. The number of aldehydes is 1. The van der Waals surface area contributed by atoms with Crippen molar-refractivity contribution in [3.8, 4) is 11.5 Å². The number of nitrogens with one attached hydrogen (secondary N) is 2. The Morgan fingerprint density at radius 2 is 1.50 bits per heavy atom. The Bertz CT molecular complexity index is 1370. The number of ether oxygens (including phenoxy) is 4. The van der Waals surface area contributed by atoms with Gasteiger partial charge in [0.25, 0.3) is 0 Å². The molecule has 0 aliphatic carbocycles. The maximum Gasteiger partial charge on any atom is 0.414 e. The van der Waals surface area contributed by atoms with Crippen molar-refractivity contribution in [1.29, 1.82) is 0 Å². The van der Waals surface area contributed by atoms with E-state index in [0.29, 0.717) is 28.7 Å². The average Bonchev–Trinajstić information content (AvgIpc) is 3.24. The van der Waals surface area contributed by atoms with Gasteiger partial charge in [-0.2, -0.15) is 0 Å². The molecule has 1 aliphatic rings. The number of carbonyl (C=O) groups is 4.